The van der Waals surface area contributed by atoms with Gasteiger partial charge in [-0.3, -0.25) is 0 Å². The van der Waals surface area contributed by atoms with Crippen LogP contribution in [0.3, 0.4) is 0 Å². The van der Waals surface area contributed by atoms with E-state index in [0.29, 0.717) is 9.86 Å². The van der Waals surface area contributed by atoms with E-state index in [-0.39, 0.29) is 17.0 Å². The van der Waals surface area contributed by atoms with Crippen molar-refractivity contribution < 1.29 is 19.0 Å². The number of carboxylic acid groups (broad SMARTS) is 1. The number of ether oxygens (including phenoxy) is 1. The number of nitrogens with zero attached hydrogens (tertiary/aromatic N) is 1. The zero-order valence-corrected chi connectivity index (χ0v) is 10.3. The van der Waals surface area contributed by atoms with Gasteiger partial charge in [-0.05, 0) is 12.1 Å². The Kier molecular flexibility index (Phi) is 2.97. The van der Waals surface area contributed by atoms with Crippen molar-refractivity contribution in [3.05, 3.63) is 34.2 Å². The summed E-state index contributed by atoms with van der Waals surface area (Å²) in [6.45, 7) is 0. The van der Waals surface area contributed by atoms with Crippen LogP contribution in [0.2, 0.25) is 0 Å². The molecule has 17 heavy (non-hydrogen) atoms. The van der Waals surface area contributed by atoms with E-state index in [4.69, 9.17) is 9.84 Å². The molecule has 0 spiro atoms. The fraction of sp³-hybridized carbons (Fsp3) is 0.0909. The number of carbonyl (C=O) groups is 1. The number of pyridine rings is 1. The molecule has 0 aliphatic rings. The Morgan fingerprint density at radius 2 is 2.18 bits per heavy atom. The largest absolute Gasteiger partial charge is 0.496 e. The molecule has 0 amide bonds. The van der Waals surface area contributed by atoms with Crippen LogP contribution in [0, 0.1) is 5.82 Å². The standard InChI is InChI=1S/C11H7BrFNO3/c1-17-9-4-8(11(15)16)14-10-6(9)2-5(12)3-7(10)13/h2-4H,1H3,(H,15,16). The second-order valence-electron chi connectivity index (χ2n) is 3.30. The van der Waals surface area contributed by atoms with Gasteiger partial charge in [-0.1, -0.05) is 15.9 Å². The molecule has 0 saturated heterocycles. The smallest absolute Gasteiger partial charge is 0.354 e. The van der Waals surface area contributed by atoms with Crippen LogP contribution in [0.4, 0.5) is 4.39 Å². The Bertz CT molecular complexity index is 615. The van der Waals surface area contributed by atoms with E-state index in [9.17, 15) is 9.18 Å². The highest BCUT2D eigenvalue weighted by Crippen LogP contribution is 2.30. The lowest BCUT2D eigenvalue weighted by molar-refractivity contribution is 0.0690. The summed E-state index contributed by atoms with van der Waals surface area (Å²) in [6, 6.07) is 4.10. The lowest BCUT2D eigenvalue weighted by atomic mass is 10.1. The number of hydrogen-bond acceptors (Lipinski definition) is 3. The summed E-state index contributed by atoms with van der Waals surface area (Å²) in [4.78, 5) is 14.6. The van der Waals surface area contributed by atoms with E-state index in [2.05, 4.69) is 20.9 Å². The number of aromatic carboxylic acids is 1. The summed E-state index contributed by atoms with van der Waals surface area (Å²) in [7, 11) is 1.39. The minimum atomic E-state index is -1.23. The molecule has 1 aromatic heterocycles. The number of rotatable bonds is 2. The Balaban J connectivity index is 2.87. The van der Waals surface area contributed by atoms with Gasteiger partial charge in [0.1, 0.15) is 11.3 Å². The molecule has 2 aromatic rings. The summed E-state index contributed by atoms with van der Waals surface area (Å²) in [5, 5.41) is 9.28. The molecular weight excluding hydrogens is 293 g/mol. The normalized spacial score (nSPS) is 10.5. The molecule has 88 valence electrons. The van der Waals surface area contributed by atoms with Crippen LogP contribution < -0.4 is 4.74 Å². The highest BCUT2D eigenvalue weighted by molar-refractivity contribution is 9.10. The Labute approximate surface area is 104 Å². The average Bonchev–Trinajstić information content (AvgIpc) is 2.27. The van der Waals surface area contributed by atoms with Crippen LogP contribution in [0.15, 0.2) is 22.7 Å². The molecular formula is C11H7BrFNO3. The fourth-order valence-electron chi connectivity index (χ4n) is 1.50. The Hall–Kier alpha value is -1.69. The quantitative estimate of drug-likeness (QED) is 0.926. The van der Waals surface area contributed by atoms with Crippen LogP contribution in [-0.2, 0) is 0 Å². The second-order valence-corrected chi connectivity index (χ2v) is 4.21. The van der Waals surface area contributed by atoms with E-state index in [0.717, 1.165) is 0 Å². The average molecular weight is 300 g/mol. The lowest BCUT2D eigenvalue weighted by Crippen LogP contribution is -2.02. The molecule has 0 unspecified atom stereocenters. The van der Waals surface area contributed by atoms with E-state index < -0.39 is 11.8 Å². The first-order chi connectivity index (χ1) is 8.02. The molecule has 6 heteroatoms. The fourth-order valence-corrected chi connectivity index (χ4v) is 1.93. The summed E-state index contributed by atoms with van der Waals surface area (Å²) in [6.07, 6.45) is 0. The maximum Gasteiger partial charge on any atom is 0.354 e. The van der Waals surface area contributed by atoms with Crippen molar-refractivity contribution in [2.24, 2.45) is 0 Å². The number of halogens is 2. The minimum absolute atomic E-state index is 0.0232. The Morgan fingerprint density at radius 3 is 2.76 bits per heavy atom. The van der Waals surface area contributed by atoms with Gasteiger partial charge < -0.3 is 9.84 Å². The number of fused-ring (bicyclic) bond motifs is 1. The zero-order chi connectivity index (χ0) is 12.6. The third kappa shape index (κ3) is 2.08. The van der Waals surface area contributed by atoms with Gasteiger partial charge in [0.05, 0.1) is 7.11 Å². The van der Waals surface area contributed by atoms with Crippen LogP contribution in [0.5, 0.6) is 5.75 Å². The van der Waals surface area contributed by atoms with Gasteiger partial charge in [-0.2, -0.15) is 0 Å². The molecule has 0 aliphatic carbocycles. The van der Waals surface area contributed by atoms with Gasteiger partial charge in [0, 0.05) is 15.9 Å². The molecule has 0 aliphatic heterocycles. The van der Waals surface area contributed by atoms with Crippen molar-refractivity contribution in [2.75, 3.05) is 7.11 Å². The molecule has 2 rings (SSSR count). The van der Waals surface area contributed by atoms with Crippen molar-refractivity contribution in [1.29, 1.82) is 0 Å². The topological polar surface area (TPSA) is 59.4 Å². The highest BCUT2D eigenvalue weighted by Gasteiger charge is 2.14. The summed E-state index contributed by atoms with van der Waals surface area (Å²) in [5.74, 6) is -1.56. The molecule has 0 fully saturated rings. The van der Waals surface area contributed by atoms with Gasteiger partial charge in [-0.15, -0.1) is 0 Å². The van der Waals surface area contributed by atoms with Crippen LogP contribution in [0.25, 0.3) is 10.9 Å². The predicted molar refractivity (Wildman–Crippen MR) is 62.9 cm³/mol. The number of hydrogen-bond donors (Lipinski definition) is 1. The maximum atomic E-state index is 13.7. The molecule has 0 saturated carbocycles. The van der Waals surface area contributed by atoms with Gasteiger partial charge >= 0.3 is 5.97 Å². The molecule has 1 heterocycles. The number of benzene rings is 1. The molecule has 4 nitrogen and oxygen atoms in total. The van der Waals surface area contributed by atoms with Crippen molar-refractivity contribution >= 4 is 32.8 Å². The van der Waals surface area contributed by atoms with Crippen molar-refractivity contribution in [2.45, 2.75) is 0 Å². The SMILES string of the molecule is COc1cc(C(=O)O)nc2c(F)cc(Br)cc12. The van der Waals surface area contributed by atoms with Crippen LogP contribution >= 0.6 is 15.9 Å². The first kappa shape index (κ1) is 11.8. The number of methoxy groups -OCH3 is 1. The Morgan fingerprint density at radius 1 is 1.47 bits per heavy atom. The zero-order valence-electron chi connectivity index (χ0n) is 8.70. The molecule has 0 atom stereocenters. The van der Waals surface area contributed by atoms with Crippen molar-refractivity contribution in [3.63, 3.8) is 0 Å². The molecule has 0 bridgehead atoms. The van der Waals surface area contributed by atoms with Crippen molar-refractivity contribution in [1.82, 2.24) is 4.98 Å². The van der Waals surface area contributed by atoms with Gasteiger partial charge in [-0.25, -0.2) is 14.2 Å². The van der Waals surface area contributed by atoms with Gasteiger partial charge in [0.2, 0.25) is 0 Å². The van der Waals surface area contributed by atoms with Gasteiger partial charge in [0.25, 0.3) is 0 Å². The third-order valence-electron chi connectivity index (χ3n) is 2.23. The first-order valence-electron chi connectivity index (χ1n) is 4.60. The summed E-state index contributed by atoms with van der Waals surface area (Å²) in [5.41, 5.74) is -0.277. The monoisotopic (exact) mass is 299 g/mol. The summed E-state index contributed by atoms with van der Waals surface area (Å²) < 4.78 is 19.2. The predicted octanol–water partition coefficient (Wildman–Crippen LogP) is 2.84. The number of carboxylic acids is 1. The molecule has 1 N–H and O–H groups in total. The van der Waals surface area contributed by atoms with Crippen molar-refractivity contribution in [3.8, 4) is 5.75 Å². The van der Waals surface area contributed by atoms with E-state index in [1.807, 2.05) is 0 Å². The highest BCUT2D eigenvalue weighted by atomic mass is 79.9. The second kappa shape index (κ2) is 4.29. The number of aromatic nitrogens is 1. The van der Waals surface area contributed by atoms with Crippen LogP contribution in [0.1, 0.15) is 10.5 Å². The lowest BCUT2D eigenvalue weighted by Gasteiger charge is -2.07. The summed E-state index contributed by atoms with van der Waals surface area (Å²) >= 11 is 3.15. The molecule has 0 radical (unpaired) electrons. The van der Waals surface area contributed by atoms with E-state index in [1.54, 1.807) is 6.07 Å². The maximum absolute atomic E-state index is 13.7. The molecule has 1 aromatic carbocycles. The van der Waals surface area contributed by atoms with Gasteiger partial charge in [0.15, 0.2) is 11.5 Å². The van der Waals surface area contributed by atoms with E-state index in [1.165, 1.54) is 19.2 Å². The van der Waals surface area contributed by atoms with Crippen LogP contribution in [-0.4, -0.2) is 23.2 Å². The minimum Gasteiger partial charge on any atom is -0.496 e. The first-order valence-corrected chi connectivity index (χ1v) is 5.39. The third-order valence-corrected chi connectivity index (χ3v) is 2.69. The van der Waals surface area contributed by atoms with E-state index >= 15 is 0 Å².